The Morgan fingerprint density at radius 1 is 1.50 bits per heavy atom. The molecule has 0 aliphatic heterocycles. The molecule has 2 unspecified atom stereocenters. The number of amides is 1. The van der Waals surface area contributed by atoms with E-state index in [9.17, 15) is 19.4 Å². The minimum Gasteiger partial charge on any atom is -0.465 e. The highest BCUT2D eigenvalue weighted by Crippen LogP contribution is 2.57. The fourth-order valence-corrected chi connectivity index (χ4v) is 4.56. The molecule has 5 heteroatoms. The van der Waals surface area contributed by atoms with E-state index in [1.165, 1.54) is 6.07 Å². The lowest BCUT2D eigenvalue weighted by molar-refractivity contribution is -0.0325. The molecule has 3 rings (SSSR count). The van der Waals surface area contributed by atoms with Crippen molar-refractivity contribution in [2.75, 3.05) is 0 Å². The van der Waals surface area contributed by atoms with E-state index in [0.29, 0.717) is 24.3 Å². The highest BCUT2D eigenvalue weighted by atomic mass is 19.1. The van der Waals surface area contributed by atoms with Gasteiger partial charge in [0.15, 0.2) is 0 Å². The third-order valence-corrected chi connectivity index (χ3v) is 5.50. The fraction of sp³-hybridized carbons (Fsp3) is 0.588. The zero-order valence-electron chi connectivity index (χ0n) is 12.7. The number of nitrogens with zero attached hydrogens (tertiary/aromatic N) is 1. The Bertz CT molecular complexity index is 579. The Kier molecular flexibility index (Phi) is 3.85. The van der Waals surface area contributed by atoms with Gasteiger partial charge in [-0.3, -0.25) is 4.90 Å². The molecule has 1 aromatic carbocycles. The van der Waals surface area contributed by atoms with Crippen molar-refractivity contribution < 1.29 is 19.4 Å². The molecule has 22 heavy (non-hydrogen) atoms. The molecule has 0 aromatic heterocycles. The third kappa shape index (κ3) is 2.19. The normalized spacial score (nSPS) is 31.2. The molecule has 2 N–H and O–H groups in total. The molecule has 0 saturated heterocycles. The molecule has 4 atom stereocenters. The molecule has 2 saturated carbocycles. The Balaban J connectivity index is 2.04. The maximum absolute atomic E-state index is 14.4. The van der Waals surface area contributed by atoms with Crippen LogP contribution in [0.1, 0.15) is 44.6 Å². The summed E-state index contributed by atoms with van der Waals surface area (Å²) < 4.78 is 14.4. The molecule has 0 heterocycles. The molecule has 120 valence electrons. The van der Waals surface area contributed by atoms with Crippen molar-refractivity contribution in [1.29, 1.82) is 0 Å². The number of rotatable bonds is 4. The number of carbonyl (C=O) groups is 1. The van der Waals surface area contributed by atoms with Gasteiger partial charge in [0, 0.05) is 11.5 Å². The first-order valence-corrected chi connectivity index (χ1v) is 7.94. The molecule has 4 nitrogen and oxygen atoms in total. The van der Waals surface area contributed by atoms with Crippen LogP contribution in [0.4, 0.5) is 9.18 Å². The molecule has 0 radical (unpaired) electrons. The second-order valence-electron chi connectivity index (χ2n) is 6.58. The summed E-state index contributed by atoms with van der Waals surface area (Å²) in [4.78, 5) is 12.9. The average molecular weight is 307 g/mol. The first kappa shape index (κ1) is 15.3. The predicted molar refractivity (Wildman–Crippen MR) is 80.0 cm³/mol. The molecular weight excluding hydrogens is 285 g/mol. The van der Waals surface area contributed by atoms with Gasteiger partial charge in [-0.1, -0.05) is 25.1 Å². The van der Waals surface area contributed by atoms with Gasteiger partial charge in [-0.2, -0.15) is 0 Å². The molecule has 2 aliphatic carbocycles. The highest BCUT2D eigenvalue weighted by molar-refractivity contribution is 5.66. The zero-order chi connectivity index (χ0) is 15.9. The van der Waals surface area contributed by atoms with Crippen molar-refractivity contribution in [1.82, 2.24) is 4.90 Å². The standard InChI is InChI=1S/C17H22FNO3/c1-2-15(20)19(16(21)22)14-9-11-7-8-17(14,10-11)12-5-3-4-6-13(12)18/h3-6,11,14-15,20H,2,7-10H2,1H3,(H,21,22)/t11?,14-,15?,17-/m0/s1. The lowest BCUT2D eigenvalue weighted by Gasteiger charge is -2.43. The molecular formula is C17H22FNO3. The van der Waals surface area contributed by atoms with E-state index in [1.54, 1.807) is 25.1 Å². The Hall–Kier alpha value is -1.62. The molecule has 1 amide bonds. The van der Waals surface area contributed by atoms with E-state index in [1.807, 2.05) is 0 Å². The van der Waals surface area contributed by atoms with Gasteiger partial charge in [-0.25, -0.2) is 9.18 Å². The van der Waals surface area contributed by atoms with Crippen LogP contribution in [-0.2, 0) is 5.41 Å². The van der Waals surface area contributed by atoms with Crippen molar-refractivity contribution >= 4 is 6.09 Å². The molecule has 0 spiro atoms. The number of benzene rings is 1. The lowest BCUT2D eigenvalue weighted by atomic mass is 9.73. The summed E-state index contributed by atoms with van der Waals surface area (Å²) in [7, 11) is 0. The van der Waals surface area contributed by atoms with Crippen LogP contribution in [0.25, 0.3) is 0 Å². The molecule has 1 aromatic rings. The Morgan fingerprint density at radius 2 is 2.23 bits per heavy atom. The van der Waals surface area contributed by atoms with Crippen molar-refractivity contribution in [2.45, 2.75) is 56.7 Å². The minimum atomic E-state index is -1.12. The number of hydrogen-bond donors (Lipinski definition) is 2. The first-order valence-electron chi connectivity index (χ1n) is 7.94. The van der Waals surface area contributed by atoms with Gasteiger partial charge in [0.05, 0.1) is 0 Å². The zero-order valence-corrected chi connectivity index (χ0v) is 12.7. The van der Waals surface area contributed by atoms with Crippen LogP contribution in [0, 0.1) is 11.7 Å². The molecule has 2 fully saturated rings. The van der Waals surface area contributed by atoms with Crippen molar-refractivity contribution in [2.24, 2.45) is 5.92 Å². The highest BCUT2D eigenvalue weighted by Gasteiger charge is 2.57. The number of aliphatic hydroxyl groups excluding tert-OH is 1. The average Bonchev–Trinajstić information content (AvgIpc) is 3.06. The quantitative estimate of drug-likeness (QED) is 0.839. The van der Waals surface area contributed by atoms with Gasteiger partial charge in [-0.15, -0.1) is 0 Å². The van der Waals surface area contributed by atoms with E-state index >= 15 is 0 Å². The minimum absolute atomic E-state index is 0.272. The van der Waals surface area contributed by atoms with Crippen molar-refractivity contribution in [3.63, 3.8) is 0 Å². The summed E-state index contributed by atoms with van der Waals surface area (Å²) in [5, 5.41) is 19.7. The topological polar surface area (TPSA) is 60.8 Å². The number of aliphatic hydroxyl groups is 1. The van der Waals surface area contributed by atoms with Gasteiger partial charge < -0.3 is 10.2 Å². The number of carboxylic acid groups (broad SMARTS) is 1. The van der Waals surface area contributed by atoms with Crippen molar-refractivity contribution in [3.8, 4) is 0 Å². The van der Waals surface area contributed by atoms with E-state index in [-0.39, 0.29) is 11.9 Å². The van der Waals surface area contributed by atoms with Crippen LogP contribution in [0.5, 0.6) is 0 Å². The van der Waals surface area contributed by atoms with Crippen LogP contribution in [-0.4, -0.2) is 33.5 Å². The van der Waals surface area contributed by atoms with Crippen LogP contribution < -0.4 is 0 Å². The largest absolute Gasteiger partial charge is 0.465 e. The van der Waals surface area contributed by atoms with E-state index in [2.05, 4.69) is 0 Å². The third-order valence-electron chi connectivity index (χ3n) is 5.50. The van der Waals surface area contributed by atoms with Crippen LogP contribution in [0.3, 0.4) is 0 Å². The van der Waals surface area contributed by atoms with Crippen LogP contribution in [0.2, 0.25) is 0 Å². The van der Waals surface area contributed by atoms with E-state index in [4.69, 9.17) is 0 Å². The van der Waals surface area contributed by atoms with Gasteiger partial charge >= 0.3 is 6.09 Å². The van der Waals surface area contributed by atoms with Gasteiger partial charge in [0.25, 0.3) is 0 Å². The lowest BCUT2D eigenvalue weighted by Crippen LogP contribution is -2.54. The Labute approximate surface area is 129 Å². The van der Waals surface area contributed by atoms with E-state index < -0.39 is 17.7 Å². The van der Waals surface area contributed by atoms with Gasteiger partial charge in [-0.05, 0) is 49.7 Å². The maximum atomic E-state index is 14.4. The van der Waals surface area contributed by atoms with Crippen LogP contribution >= 0.6 is 0 Å². The molecule has 2 aliphatic rings. The monoisotopic (exact) mass is 307 g/mol. The van der Waals surface area contributed by atoms with E-state index in [0.717, 1.165) is 24.2 Å². The van der Waals surface area contributed by atoms with Crippen LogP contribution in [0.15, 0.2) is 24.3 Å². The summed E-state index contributed by atoms with van der Waals surface area (Å²) >= 11 is 0. The summed E-state index contributed by atoms with van der Waals surface area (Å²) in [6, 6.07) is 6.32. The number of fused-ring (bicyclic) bond motifs is 2. The maximum Gasteiger partial charge on any atom is 0.409 e. The fourth-order valence-electron chi connectivity index (χ4n) is 4.56. The summed E-state index contributed by atoms with van der Waals surface area (Å²) in [6.45, 7) is 1.75. The number of hydrogen-bond acceptors (Lipinski definition) is 2. The molecule has 2 bridgehead atoms. The second kappa shape index (κ2) is 5.54. The summed E-state index contributed by atoms with van der Waals surface area (Å²) in [5.41, 5.74) is 0.111. The number of halogens is 1. The summed E-state index contributed by atoms with van der Waals surface area (Å²) in [5.74, 6) is 0.141. The smallest absolute Gasteiger partial charge is 0.409 e. The summed E-state index contributed by atoms with van der Waals surface area (Å²) in [6.07, 6.45) is 1.47. The second-order valence-corrected chi connectivity index (χ2v) is 6.58. The Morgan fingerprint density at radius 3 is 2.82 bits per heavy atom. The van der Waals surface area contributed by atoms with Crippen molar-refractivity contribution in [3.05, 3.63) is 35.6 Å². The SMILES string of the molecule is CCC(O)N(C(=O)O)[C@H]1CC2CC[C@@]1(c1ccccc1F)C2. The predicted octanol–water partition coefficient (Wildman–Crippen LogP) is 3.34. The first-order chi connectivity index (χ1) is 10.5. The van der Waals surface area contributed by atoms with Gasteiger partial charge in [0.1, 0.15) is 12.0 Å². The van der Waals surface area contributed by atoms with Gasteiger partial charge in [0.2, 0.25) is 0 Å².